The number of carbonyl (C=O) groups excluding carboxylic acids is 1. The summed E-state index contributed by atoms with van der Waals surface area (Å²) >= 11 is 8.30. The molecule has 0 unspecified atom stereocenters. The first-order valence-electron chi connectivity index (χ1n) is 9.06. The number of thioether (sulfide) groups is 1. The lowest BCUT2D eigenvalue weighted by molar-refractivity contribution is -0.137. The van der Waals surface area contributed by atoms with E-state index in [9.17, 15) is 9.59 Å². The van der Waals surface area contributed by atoms with E-state index in [2.05, 4.69) is 36.2 Å². The predicted molar refractivity (Wildman–Crippen MR) is 122 cm³/mol. The van der Waals surface area contributed by atoms with Crippen molar-refractivity contribution in [2.45, 2.75) is 22.6 Å². The summed E-state index contributed by atoms with van der Waals surface area (Å²) in [5.41, 5.74) is 3.25. The first kappa shape index (κ1) is 20.0. The van der Waals surface area contributed by atoms with Gasteiger partial charge >= 0.3 is 5.97 Å². The number of thiocarbonyl (C=S) groups is 1. The van der Waals surface area contributed by atoms with Gasteiger partial charge in [0.2, 0.25) is 0 Å². The summed E-state index contributed by atoms with van der Waals surface area (Å²) in [7, 11) is 2.05. The van der Waals surface area contributed by atoms with Crippen molar-refractivity contribution >= 4 is 69.4 Å². The Morgan fingerprint density at radius 3 is 2.69 bits per heavy atom. The molecule has 29 heavy (non-hydrogen) atoms. The molecule has 1 N–H and O–H groups in total. The average molecular weight is 443 g/mol. The lowest BCUT2D eigenvalue weighted by atomic mass is 10.1. The maximum absolute atomic E-state index is 12.7. The standard InChI is InChI=1S/C21H18N2O3S3/c1-22-14-5-2-3-6-16(14)28-17-11-13(8-9-15(17)22)12-18-20(26)23(21(27)29-18)10-4-7-19(24)25/h2-3,5-6,8-9,11-12H,4,7,10H2,1H3,(H,24,25). The molecule has 0 spiro atoms. The predicted octanol–water partition coefficient (Wildman–Crippen LogP) is 4.99. The van der Waals surface area contributed by atoms with Crippen LogP contribution < -0.4 is 4.90 Å². The van der Waals surface area contributed by atoms with E-state index in [1.165, 1.54) is 27.2 Å². The van der Waals surface area contributed by atoms with Crippen LogP contribution in [0.1, 0.15) is 18.4 Å². The molecule has 1 fully saturated rings. The number of hydrogen-bond acceptors (Lipinski definition) is 6. The molecule has 2 aromatic rings. The highest BCUT2D eigenvalue weighted by Gasteiger charge is 2.31. The van der Waals surface area contributed by atoms with Crippen LogP contribution in [0.5, 0.6) is 0 Å². The first-order chi connectivity index (χ1) is 13.9. The fourth-order valence-corrected chi connectivity index (χ4v) is 5.79. The number of rotatable bonds is 5. The molecule has 8 heteroatoms. The minimum absolute atomic E-state index is 0.0210. The molecule has 0 atom stereocenters. The molecule has 0 radical (unpaired) electrons. The lowest BCUT2D eigenvalue weighted by Crippen LogP contribution is -2.29. The van der Waals surface area contributed by atoms with Crippen molar-refractivity contribution in [3.8, 4) is 0 Å². The zero-order chi connectivity index (χ0) is 20.5. The van der Waals surface area contributed by atoms with Crippen LogP contribution in [0.3, 0.4) is 0 Å². The monoisotopic (exact) mass is 442 g/mol. The Kier molecular flexibility index (Phi) is 5.67. The van der Waals surface area contributed by atoms with E-state index in [4.69, 9.17) is 17.3 Å². The molecule has 1 saturated heterocycles. The summed E-state index contributed by atoms with van der Waals surface area (Å²) < 4.78 is 0.479. The van der Waals surface area contributed by atoms with Crippen LogP contribution in [0.4, 0.5) is 11.4 Å². The van der Waals surface area contributed by atoms with Crippen molar-refractivity contribution in [3.05, 3.63) is 52.9 Å². The topological polar surface area (TPSA) is 60.9 Å². The Morgan fingerprint density at radius 2 is 1.90 bits per heavy atom. The summed E-state index contributed by atoms with van der Waals surface area (Å²) in [5, 5.41) is 8.78. The van der Waals surface area contributed by atoms with E-state index < -0.39 is 5.97 Å². The molecular weight excluding hydrogens is 424 g/mol. The summed E-state index contributed by atoms with van der Waals surface area (Å²) in [4.78, 5) is 30.0. The molecule has 0 bridgehead atoms. The van der Waals surface area contributed by atoms with Crippen molar-refractivity contribution in [3.63, 3.8) is 0 Å². The summed E-state index contributed by atoms with van der Waals surface area (Å²) in [6, 6.07) is 14.4. The minimum atomic E-state index is -0.871. The number of amides is 1. The third-order valence-electron chi connectivity index (χ3n) is 4.74. The number of hydrogen-bond donors (Lipinski definition) is 1. The van der Waals surface area contributed by atoms with Gasteiger partial charge in [-0.05, 0) is 42.3 Å². The highest BCUT2D eigenvalue weighted by Crippen LogP contribution is 2.47. The Morgan fingerprint density at radius 1 is 1.14 bits per heavy atom. The van der Waals surface area contributed by atoms with Crippen LogP contribution >= 0.6 is 35.7 Å². The van der Waals surface area contributed by atoms with Gasteiger partial charge in [0.15, 0.2) is 0 Å². The quantitative estimate of drug-likeness (QED) is 0.517. The number of nitrogens with zero attached hydrogens (tertiary/aromatic N) is 2. The first-order valence-corrected chi connectivity index (χ1v) is 11.1. The van der Waals surface area contributed by atoms with Gasteiger partial charge in [-0.15, -0.1) is 0 Å². The third kappa shape index (κ3) is 4.05. The van der Waals surface area contributed by atoms with Gasteiger partial charge < -0.3 is 10.0 Å². The maximum Gasteiger partial charge on any atom is 0.303 e. The summed E-state index contributed by atoms with van der Waals surface area (Å²) in [6.45, 7) is 0.329. The van der Waals surface area contributed by atoms with E-state index >= 15 is 0 Å². The Hall–Kier alpha value is -2.29. The molecule has 4 rings (SSSR count). The SMILES string of the molecule is CN1c2ccccc2Sc2cc(C=C3SC(=S)N(CCCC(=O)O)C3=O)ccc21. The van der Waals surface area contributed by atoms with Gasteiger partial charge in [-0.25, -0.2) is 0 Å². The number of anilines is 2. The molecule has 2 heterocycles. The maximum atomic E-state index is 12.7. The van der Waals surface area contributed by atoms with Crippen molar-refractivity contribution in [1.29, 1.82) is 0 Å². The van der Waals surface area contributed by atoms with Crippen LogP contribution in [0.15, 0.2) is 57.2 Å². The van der Waals surface area contributed by atoms with Crippen molar-refractivity contribution in [1.82, 2.24) is 4.90 Å². The van der Waals surface area contributed by atoms with E-state index in [0.717, 1.165) is 16.1 Å². The second-order valence-corrected chi connectivity index (χ2v) is 9.45. The lowest BCUT2D eigenvalue weighted by Gasteiger charge is -2.29. The number of carboxylic acid groups (broad SMARTS) is 1. The number of carboxylic acids is 1. The molecule has 0 aliphatic carbocycles. The fraction of sp³-hybridized carbons (Fsp3) is 0.190. The Bertz CT molecular complexity index is 1050. The van der Waals surface area contributed by atoms with Crippen molar-refractivity contribution in [2.24, 2.45) is 0 Å². The number of carbonyl (C=O) groups is 2. The van der Waals surface area contributed by atoms with Gasteiger partial charge in [0.05, 0.1) is 16.3 Å². The van der Waals surface area contributed by atoms with Gasteiger partial charge in [-0.2, -0.15) is 0 Å². The second-order valence-electron chi connectivity index (χ2n) is 6.69. The molecular formula is C21H18N2O3S3. The third-order valence-corrected chi connectivity index (χ3v) is 7.23. The molecule has 0 saturated carbocycles. The van der Waals surface area contributed by atoms with Gasteiger partial charge in [0, 0.05) is 29.8 Å². The smallest absolute Gasteiger partial charge is 0.303 e. The summed E-state index contributed by atoms with van der Waals surface area (Å²) in [6.07, 6.45) is 2.27. The van der Waals surface area contributed by atoms with Crippen LogP contribution in [-0.4, -0.2) is 39.8 Å². The van der Waals surface area contributed by atoms with E-state index in [1.54, 1.807) is 11.8 Å². The molecule has 5 nitrogen and oxygen atoms in total. The molecule has 2 aliphatic rings. The van der Waals surface area contributed by atoms with Gasteiger partial charge in [-0.1, -0.05) is 53.9 Å². The van der Waals surface area contributed by atoms with Crippen LogP contribution in [-0.2, 0) is 9.59 Å². The minimum Gasteiger partial charge on any atom is -0.481 e. The zero-order valence-corrected chi connectivity index (χ0v) is 18.1. The Balaban J connectivity index is 1.55. The van der Waals surface area contributed by atoms with Crippen molar-refractivity contribution in [2.75, 3.05) is 18.5 Å². The van der Waals surface area contributed by atoms with Gasteiger partial charge in [0.25, 0.3) is 5.91 Å². The number of aliphatic carboxylic acids is 1. The second kappa shape index (κ2) is 8.22. The molecule has 2 aromatic carbocycles. The van der Waals surface area contributed by atoms with Gasteiger partial charge in [0.1, 0.15) is 4.32 Å². The number of fused-ring (bicyclic) bond motifs is 2. The normalized spacial score (nSPS) is 16.9. The molecule has 2 aliphatic heterocycles. The number of para-hydroxylation sites is 1. The van der Waals surface area contributed by atoms with Crippen LogP contribution in [0, 0.1) is 0 Å². The molecule has 1 amide bonds. The molecule has 0 aromatic heterocycles. The van der Waals surface area contributed by atoms with Gasteiger partial charge in [-0.3, -0.25) is 14.5 Å². The van der Waals surface area contributed by atoms with E-state index in [1.807, 2.05) is 24.3 Å². The zero-order valence-electron chi connectivity index (χ0n) is 15.6. The fourth-order valence-electron chi connectivity index (χ4n) is 3.28. The largest absolute Gasteiger partial charge is 0.481 e. The highest BCUT2D eigenvalue weighted by molar-refractivity contribution is 8.26. The number of benzene rings is 2. The average Bonchev–Trinajstić information content (AvgIpc) is 2.95. The van der Waals surface area contributed by atoms with Crippen molar-refractivity contribution < 1.29 is 14.7 Å². The highest BCUT2D eigenvalue weighted by atomic mass is 32.2. The van der Waals surface area contributed by atoms with Crippen LogP contribution in [0.25, 0.3) is 6.08 Å². The molecule has 148 valence electrons. The van der Waals surface area contributed by atoms with E-state index in [0.29, 0.717) is 22.2 Å². The summed E-state index contributed by atoms with van der Waals surface area (Å²) in [5.74, 6) is -1.03. The van der Waals surface area contributed by atoms with E-state index in [-0.39, 0.29) is 12.3 Å². The Labute approximate surface area is 182 Å². The van der Waals surface area contributed by atoms with Crippen LogP contribution in [0.2, 0.25) is 0 Å².